The number of carbonyl (C=O) groups is 1. The van der Waals surface area contributed by atoms with E-state index in [0.29, 0.717) is 5.92 Å². The van der Waals surface area contributed by atoms with E-state index in [1.54, 1.807) is 0 Å². The fraction of sp³-hybridized carbons (Fsp3) is 0.562. The van der Waals surface area contributed by atoms with Crippen molar-refractivity contribution in [2.75, 3.05) is 13.1 Å². The molecule has 0 saturated carbocycles. The second-order valence-corrected chi connectivity index (χ2v) is 5.55. The topological polar surface area (TPSA) is 41.1 Å². The van der Waals surface area contributed by atoms with Crippen LogP contribution in [-0.2, 0) is 11.2 Å². The molecule has 3 heteroatoms. The van der Waals surface area contributed by atoms with Gasteiger partial charge in [-0.05, 0) is 38.3 Å². The first-order valence-electron chi connectivity index (χ1n) is 7.05. The van der Waals surface area contributed by atoms with Crippen molar-refractivity contribution in [3.63, 3.8) is 0 Å². The van der Waals surface area contributed by atoms with Gasteiger partial charge in [-0.15, -0.1) is 0 Å². The smallest absolute Gasteiger partial charge is 0.236 e. The molecule has 0 spiro atoms. The van der Waals surface area contributed by atoms with Crippen molar-refractivity contribution in [1.29, 1.82) is 0 Å². The zero-order chi connectivity index (χ0) is 14.3. The predicted molar refractivity (Wildman–Crippen MR) is 80.2 cm³/mol. The monoisotopic (exact) mass is 262 g/mol. The van der Waals surface area contributed by atoms with E-state index in [-0.39, 0.29) is 11.9 Å². The molecule has 0 bridgehead atoms. The molecule has 1 amide bonds. The van der Waals surface area contributed by atoms with Gasteiger partial charge in [-0.1, -0.05) is 43.7 Å². The van der Waals surface area contributed by atoms with Crippen molar-refractivity contribution in [3.05, 3.63) is 35.4 Å². The van der Waals surface area contributed by atoms with Gasteiger partial charge < -0.3 is 10.6 Å². The quantitative estimate of drug-likeness (QED) is 0.791. The molecule has 106 valence electrons. The second-order valence-electron chi connectivity index (χ2n) is 5.55. The lowest BCUT2D eigenvalue weighted by atomic mass is 10.1. The molecule has 1 aromatic rings. The molecule has 19 heavy (non-hydrogen) atoms. The van der Waals surface area contributed by atoms with Gasteiger partial charge in [0.2, 0.25) is 5.91 Å². The second kappa shape index (κ2) is 7.95. The van der Waals surface area contributed by atoms with Crippen LogP contribution >= 0.6 is 0 Å². The summed E-state index contributed by atoms with van der Waals surface area (Å²) in [6.07, 6.45) is 0.948. The Morgan fingerprint density at radius 1 is 1.26 bits per heavy atom. The average molecular weight is 262 g/mol. The number of amides is 1. The number of carbonyl (C=O) groups excluding carboxylic acids is 1. The van der Waals surface area contributed by atoms with Crippen LogP contribution in [0.4, 0.5) is 0 Å². The van der Waals surface area contributed by atoms with Crippen LogP contribution in [0.2, 0.25) is 0 Å². The highest BCUT2D eigenvalue weighted by atomic mass is 16.2. The standard InChI is InChI=1S/C16H26N2O/c1-12(2)11-18-16(19)14(4)17-9-8-15-7-5-6-13(3)10-15/h5-7,10,12,14,17H,8-9,11H2,1-4H3,(H,18,19). The SMILES string of the molecule is Cc1cccc(CCNC(C)C(=O)NCC(C)C)c1. The van der Waals surface area contributed by atoms with Crippen LogP contribution in [-0.4, -0.2) is 25.0 Å². The zero-order valence-corrected chi connectivity index (χ0v) is 12.5. The number of nitrogens with one attached hydrogen (secondary N) is 2. The minimum atomic E-state index is -0.136. The van der Waals surface area contributed by atoms with Gasteiger partial charge in [0.1, 0.15) is 0 Å². The summed E-state index contributed by atoms with van der Waals surface area (Å²) in [5, 5.41) is 6.20. The molecule has 0 aliphatic rings. The average Bonchev–Trinajstić information content (AvgIpc) is 2.35. The lowest BCUT2D eigenvalue weighted by Gasteiger charge is -2.15. The van der Waals surface area contributed by atoms with E-state index in [4.69, 9.17) is 0 Å². The fourth-order valence-corrected chi connectivity index (χ4v) is 1.85. The predicted octanol–water partition coefficient (Wildman–Crippen LogP) is 2.29. The molecule has 1 unspecified atom stereocenters. The lowest BCUT2D eigenvalue weighted by molar-refractivity contribution is -0.122. The van der Waals surface area contributed by atoms with Crippen molar-refractivity contribution in [2.24, 2.45) is 5.92 Å². The summed E-state index contributed by atoms with van der Waals surface area (Å²) in [5.41, 5.74) is 2.59. The lowest BCUT2D eigenvalue weighted by Crippen LogP contribution is -2.43. The molecule has 1 atom stereocenters. The summed E-state index contributed by atoms with van der Waals surface area (Å²) in [6, 6.07) is 8.34. The number of benzene rings is 1. The minimum absolute atomic E-state index is 0.0814. The van der Waals surface area contributed by atoms with Crippen molar-refractivity contribution in [1.82, 2.24) is 10.6 Å². The van der Waals surface area contributed by atoms with Crippen molar-refractivity contribution in [2.45, 2.75) is 40.2 Å². The normalized spacial score (nSPS) is 12.5. The summed E-state index contributed by atoms with van der Waals surface area (Å²) in [4.78, 5) is 11.8. The first-order chi connectivity index (χ1) is 8.99. The highest BCUT2D eigenvalue weighted by Crippen LogP contribution is 2.04. The molecular weight excluding hydrogens is 236 g/mol. The first-order valence-corrected chi connectivity index (χ1v) is 7.05. The van der Waals surface area contributed by atoms with Gasteiger partial charge in [-0.2, -0.15) is 0 Å². The number of rotatable bonds is 7. The maximum absolute atomic E-state index is 11.8. The fourth-order valence-electron chi connectivity index (χ4n) is 1.85. The summed E-state index contributed by atoms with van der Waals surface area (Å²) < 4.78 is 0. The maximum atomic E-state index is 11.8. The maximum Gasteiger partial charge on any atom is 0.236 e. The summed E-state index contributed by atoms with van der Waals surface area (Å²) in [6.45, 7) is 9.75. The molecule has 0 aliphatic carbocycles. The third-order valence-electron chi connectivity index (χ3n) is 3.02. The van der Waals surface area contributed by atoms with Crippen LogP contribution in [0.25, 0.3) is 0 Å². The molecule has 0 saturated heterocycles. The van der Waals surface area contributed by atoms with Gasteiger partial charge in [0, 0.05) is 6.54 Å². The third kappa shape index (κ3) is 6.39. The van der Waals surface area contributed by atoms with Gasteiger partial charge >= 0.3 is 0 Å². The van der Waals surface area contributed by atoms with Crippen LogP contribution in [0.3, 0.4) is 0 Å². The van der Waals surface area contributed by atoms with Crippen molar-refractivity contribution in [3.8, 4) is 0 Å². The Labute approximate surface area is 116 Å². The Kier molecular flexibility index (Phi) is 6.57. The molecule has 0 radical (unpaired) electrons. The van der Waals surface area contributed by atoms with Gasteiger partial charge in [-0.25, -0.2) is 0 Å². The highest BCUT2D eigenvalue weighted by molar-refractivity contribution is 5.81. The third-order valence-corrected chi connectivity index (χ3v) is 3.02. The van der Waals surface area contributed by atoms with Gasteiger partial charge in [-0.3, -0.25) is 4.79 Å². The molecule has 0 aliphatic heterocycles. The molecule has 2 N–H and O–H groups in total. The van der Waals surface area contributed by atoms with Gasteiger partial charge in [0.15, 0.2) is 0 Å². The number of hydrogen-bond acceptors (Lipinski definition) is 2. The molecular formula is C16H26N2O. The van der Waals surface area contributed by atoms with E-state index in [0.717, 1.165) is 19.5 Å². The highest BCUT2D eigenvalue weighted by Gasteiger charge is 2.11. The summed E-state index contributed by atoms with van der Waals surface area (Å²) in [7, 11) is 0. The zero-order valence-electron chi connectivity index (χ0n) is 12.5. The van der Waals surface area contributed by atoms with Crippen molar-refractivity contribution < 1.29 is 4.79 Å². The Hall–Kier alpha value is -1.35. The van der Waals surface area contributed by atoms with Gasteiger partial charge in [0.05, 0.1) is 6.04 Å². The molecule has 1 rings (SSSR count). The summed E-state index contributed by atoms with van der Waals surface area (Å²) in [5.74, 6) is 0.571. The number of hydrogen-bond donors (Lipinski definition) is 2. The van der Waals surface area contributed by atoms with Crippen molar-refractivity contribution >= 4 is 5.91 Å². The van der Waals surface area contributed by atoms with E-state index < -0.39 is 0 Å². The molecule has 0 aromatic heterocycles. The molecule has 3 nitrogen and oxygen atoms in total. The number of aryl methyl sites for hydroxylation is 1. The first kappa shape index (κ1) is 15.7. The molecule has 0 heterocycles. The van der Waals surface area contributed by atoms with E-state index in [2.05, 4.69) is 55.7 Å². The van der Waals surface area contributed by atoms with Crippen LogP contribution in [0.15, 0.2) is 24.3 Å². The Morgan fingerprint density at radius 3 is 2.63 bits per heavy atom. The van der Waals surface area contributed by atoms with E-state index >= 15 is 0 Å². The van der Waals surface area contributed by atoms with E-state index in [1.807, 2.05) is 6.92 Å². The van der Waals surface area contributed by atoms with Gasteiger partial charge in [0.25, 0.3) is 0 Å². The van der Waals surface area contributed by atoms with Crippen LogP contribution in [0.5, 0.6) is 0 Å². The van der Waals surface area contributed by atoms with Crippen LogP contribution < -0.4 is 10.6 Å². The Bertz CT molecular complexity index is 401. The van der Waals surface area contributed by atoms with Crippen LogP contribution in [0, 0.1) is 12.8 Å². The molecule has 1 aromatic carbocycles. The van der Waals surface area contributed by atoms with E-state index in [9.17, 15) is 4.79 Å². The minimum Gasteiger partial charge on any atom is -0.354 e. The van der Waals surface area contributed by atoms with Crippen LogP contribution in [0.1, 0.15) is 31.9 Å². The largest absolute Gasteiger partial charge is 0.354 e. The molecule has 0 fully saturated rings. The summed E-state index contributed by atoms with van der Waals surface area (Å²) >= 11 is 0. The Balaban J connectivity index is 2.26. The Morgan fingerprint density at radius 2 is 2.00 bits per heavy atom. The van der Waals surface area contributed by atoms with E-state index in [1.165, 1.54) is 11.1 Å².